The van der Waals surface area contributed by atoms with Gasteiger partial charge in [-0.2, -0.15) is 17.0 Å². The number of nitrogens with zero attached hydrogens (tertiary/aromatic N) is 3. The van der Waals surface area contributed by atoms with Crippen LogP contribution in [0.5, 0.6) is 5.75 Å². The minimum atomic E-state index is -3.53. The van der Waals surface area contributed by atoms with Gasteiger partial charge in [0.2, 0.25) is 15.9 Å². The van der Waals surface area contributed by atoms with E-state index in [1.165, 1.54) is 44.6 Å². The molecule has 0 aliphatic carbocycles. The number of sulfonamides is 1. The van der Waals surface area contributed by atoms with Gasteiger partial charge in [0, 0.05) is 41.3 Å². The predicted octanol–water partition coefficient (Wildman–Crippen LogP) is -0.0497. The Morgan fingerprint density at radius 3 is 2.30 bits per heavy atom. The molecule has 1 aliphatic rings. The van der Waals surface area contributed by atoms with Crippen molar-refractivity contribution in [1.82, 2.24) is 18.2 Å². The molecule has 1 aliphatic heterocycles. The van der Waals surface area contributed by atoms with Crippen molar-refractivity contribution >= 4 is 26.1 Å². The molecule has 1 unspecified atom stereocenters. The zero-order chi connectivity index (χ0) is 22.5. The van der Waals surface area contributed by atoms with Crippen LogP contribution in [0.15, 0.2) is 29.2 Å². The highest BCUT2D eigenvalue weighted by molar-refractivity contribution is 7.89. The molecule has 1 saturated heterocycles. The number of nitrogens with one attached hydrogen (secondary N) is 1. The molecule has 0 saturated carbocycles. The molecule has 12 heteroatoms. The van der Waals surface area contributed by atoms with Crippen LogP contribution in [-0.2, 0) is 25.0 Å². The first-order chi connectivity index (χ1) is 14.0. The molecular formula is C18H30N4O6S2. The molecule has 10 nitrogen and oxygen atoms in total. The third kappa shape index (κ3) is 5.91. The zero-order valence-corrected chi connectivity index (χ0v) is 19.4. The van der Waals surface area contributed by atoms with Crippen LogP contribution in [-0.4, -0.2) is 90.1 Å². The molecule has 1 N–H and O–H groups in total. The number of hydrogen-bond donors (Lipinski definition) is 1. The van der Waals surface area contributed by atoms with Gasteiger partial charge in [-0.1, -0.05) is 0 Å². The van der Waals surface area contributed by atoms with Gasteiger partial charge in [0.05, 0.1) is 17.4 Å². The molecule has 0 aromatic heterocycles. The van der Waals surface area contributed by atoms with Gasteiger partial charge in [0.1, 0.15) is 12.4 Å². The highest BCUT2D eigenvalue weighted by Gasteiger charge is 2.33. The molecule has 0 bridgehead atoms. The van der Waals surface area contributed by atoms with Gasteiger partial charge >= 0.3 is 0 Å². The normalized spacial score (nSPS) is 18.5. The largest absolute Gasteiger partial charge is 0.492 e. The highest BCUT2D eigenvalue weighted by Crippen LogP contribution is 2.21. The van der Waals surface area contributed by atoms with Gasteiger partial charge in [-0.3, -0.25) is 4.79 Å². The summed E-state index contributed by atoms with van der Waals surface area (Å²) in [5.41, 5.74) is 0. The average molecular weight is 463 g/mol. The molecule has 30 heavy (non-hydrogen) atoms. The quantitative estimate of drug-likeness (QED) is 0.515. The second-order valence-corrected chi connectivity index (χ2v) is 11.7. The standard InChI is InChI=1S/C18H30N4O6S2/c1-20(2)29(24,25)17-9-7-16(8-10-17)28-13-11-19-18(23)15-6-5-12-22(14-15)30(26,27)21(3)4/h7-10,15H,5-6,11-14H2,1-4H3,(H,19,23). The van der Waals surface area contributed by atoms with Crippen molar-refractivity contribution in [2.75, 3.05) is 54.4 Å². The Morgan fingerprint density at radius 1 is 1.10 bits per heavy atom. The Hall–Kier alpha value is -1.73. The lowest BCUT2D eigenvalue weighted by atomic mass is 9.99. The summed E-state index contributed by atoms with van der Waals surface area (Å²) >= 11 is 0. The number of benzene rings is 1. The predicted molar refractivity (Wildman–Crippen MR) is 113 cm³/mol. The number of piperidine rings is 1. The third-order valence-electron chi connectivity index (χ3n) is 4.81. The van der Waals surface area contributed by atoms with Crippen LogP contribution >= 0.6 is 0 Å². The summed E-state index contributed by atoms with van der Waals surface area (Å²) < 4.78 is 57.8. The summed E-state index contributed by atoms with van der Waals surface area (Å²) in [6.45, 7) is 1.04. The smallest absolute Gasteiger partial charge is 0.281 e. The number of hydrogen-bond acceptors (Lipinski definition) is 6. The van der Waals surface area contributed by atoms with Crippen LogP contribution in [0.25, 0.3) is 0 Å². The van der Waals surface area contributed by atoms with E-state index in [-0.39, 0.29) is 30.5 Å². The van der Waals surface area contributed by atoms with Crippen molar-refractivity contribution in [3.05, 3.63) is 24.3 Å². The van der Waals surface area contributed by atoms with Crippen molar-refractivity contribution in [3.63, 3.8) is 0 Å². The Bertz CT molecular complexity index is 930. The maximum Gasteiger partial charge on any atom is 0.281 e. The van der Waals surface area contributed by atoms with Crippen molar-refractivity contribution in [2.24, 2.45) is 5.92 Å². The van der Waals surface area contributed by atoms with Crippen molar-refractivity contribution < 1.29 is 26.4 Å². The van der Waals surface area contributed by atoms with Crippen LogP contribution in [0.2, 0.25) is 0 Å². The lowest BCUT2D eigenvalue weighted by Gasteiger charge is -2.32. The summed E-state index contributed by atoms with van der Waals surface area (Å²) in [4.78, 5) is 12.6. The second-order valence-electron chi connectivity index (χ2n) is 7.39. The van der Waals surface area contributed by atoms with E-state index < -0.39 is 26.2 Å². The topological polar surface area (TPSA) is 116 Å². The van der Waals surface area contributed by atoms with E-state index in [4.69, 9.17) is 4.74 Å². The highest BCUT2D eigenvalue weighted by atomic mass is 32.2. The maximum atomic E-state index is 12.4. The number of rotatable bonds is 9. The summed E-state index contributed by atoms with van der Waals surface area (Å²) in [5, 5.41) is 2.77. The van der Waals surface area contributed by atoms with E-state index in [2.05, 4.69) is 5.32 Å². The van der Waals surface area contributed by atoms with Gasteiger partial charge in [-0.25, -0.2) is 12.7 Å². The van der Waals surface area contributed by atoms with Gasteiger partial charge < -0.3 is 10.1 Å². The molecule has 1 aromatic carbocycles. The van der Waals surface area contributed by atoms with Gasteiger partial charge in [-0.05, 0) is 37.1 Å². The molecule has 2 rings (SSSR count). The second kappa shape index (κ2) is 10.1. The Morgan fingerprint density at radius 2 is 1.73 bits per heavy atom. The van der Waals surface area contributed by atoms with E-state index in [1.807, 2.05) is 0 Å². The third-order valence-corrected chi connectivity index (χ3v) is 8.55. The van der Waals surface area contributed by atoms with E-state index in [9.17, 15) is 21.6 Å². The van der Waals surface area contributed by atoms with E-state index in [0.29, 0.717) is 25.1 Å². The van der Waals surface area contributed by atoms with Crippen LogP contribution < -0.4 is 10.1 Å². The number of amides is 1. The van der Waals surface area contributed by atoms with Crippen molar-refractivity contribution in [3.8, 4) is 5.75 Å². The summed E-state index contributed by atoms with van der Waals surface area (Å²) in [6, 6.07) is 6.04. The maximum absolute atomic E-state index is 12.4. The molecule has 170 valence electrons. The average Bonchev–Trinajstić information content (AvgIpc) is 2.71. The molecule has 0 radical (unpaired) electrons. The van der Waals surface area contributed by atoms with Crippen molar-refractivity contribution in [2.45, 2.75) is 17.7 Å². The molecule has 1 heterocycles. The SMILES string of the molecule is CN(C)S(=O)(=O)c1ccc(OCCNC(=O)C2CCCN(S(=O)(=O)N(C)C)C2)cc1. The van der Waals surface area contributed by atoms with E-state index in [0.717, 1.165) is 8.61 Å². The number of carbonyl (C=O) groups excluding carboxylic acids is 1. The fourth-order valence-corrected chi connectivity index (χ4v) is 5.09. The first-order valence-electron chi connectivity index (χ1n) is 9.57. The first-order valence-corrected chi connectivity index (χ1v) is 12.4. The van der Waals surface area contributed by atoms with E-state index in [1.54, 1.807) is 12.1 Å². The molecule has 1 fully saturated rings. The molecule has 1 amide bonds. The fourth-order valence-electron chi connectivity index (χ4n) is 3.00. The Kier molecular flexibility index (Phi) is 8.22. The minimum Gasteiger partial charge on any atom is -0.492 e. The first kappa shape index (κ1) is 24.5. The zero-order valence-electron chi connectivity index (χ0n) is 17.7. The number of carbonyl (C=O) groups is 1. The van der Waals surface area contributed by atoms with Gasteiger partial charge in [-0.15, -0.1) is 0 Å². The number of ether oxygens (including phenoxy) is 1. The van der Waals surface area contributed by atoms with Gasteiger partial charge in [0.15, 0.2) is 0 Å². The molecule has 1 aromatic rings. The lowest BCUT2D eigenvalue weighted by Crippen LogP contribution is -2.49. The minimum absolute atomic E-state index is 0.162. The summed E-state index contributed by atoms with van der Waals surface area (Å²) in [5.74, 6) is -0.114. The van der Waals surface area contributed by atoms with Crippen LogP contribution in [0, 0.1) is 5.92 Å². The Labute approximate surface area is 179 Å². The summed E-state index contributed by atoms with van der Waals surface area (Å²) in [7, 11) is -1.16. The molecule has 0 spiro atoms. The molecule has 1 atom stereocenters. The molecular weight excluding hydrogens is 432 g/mol. The van der Waals surface area contributed by atoms with Gasteiger partial charge in [0.25, 0.3) is 10.2 Å². The lowest BCUT2D eigenvalue weighted by molar-refractivity contribution is -0.126. The van der Waals surface area contributed by atoms with Crippen LogP contribution in [0.3, 0.4) is 0 Å². The van der Waals surface area contributed by atoms with Crippen LogP contribution in [0.4, 0.5) is 0 Å². The van der Waals surface area contributed by atoms with E-state index >= 15 is 0 Å². The monoisotopic (exact) mass is 462 g/mol. The fraction of sp³-hybridized carbons (Fsp3) is 0.611. The van der Waals surface area contributed by atoms with Crippen molar-refractivity contribution in [1.29, 1.82) is 0 Å². The summed E-state index contributed by atoms with van der Waals surface area (Å²) in [6.07, 6.45) is 1.26. The Balaban J connectivity index is 1.81. The van der Waals surface area contributed by atoms with Crippen LogP contribution in [0.1, 0.15) is 12.8 Å².